The Morgan fingerprint density at radius 2 is 2.10 bits per heavy atom. The highest BCUT2D eigenvalue weighted by Crippen LogP contribution is 2.26. The fourth-order valence-corrected chi connectivity index (χ4v) is 1.91. The number of hydrogen-bond donors (Lipinski definition) is 2. The third-order valence-electron chi connectivity index (χ3n) is 3.05. The quantitative estimate of drug-likeness (QED) is 0.840. The third kappa shape index (κ3) is 2.93. The molecule has 0 aliphatic rings. The number of carbonyl (C=O) groups is 1. The predicted octanol–water partition coefficient (Wildman–Crippen LogP) is 2.74. The predicted molar refractivity (Wildman–Crippen MR) is 79.6 cm³/mol. The van der Waals surface area contributed by atoms with Crippen LogP contribution in [-0.2, 0) is 0 Å². The number of hydrogen-bond acceptors (Lipinski definition) is 4. The highest BCUT2D eigenvalue weighted by molar-refractivity contribution is 5.95. The SMILES string of the molecule is CC(Nc1cc(C(=O)N(C)C)ccc1N)c1ccco1. The Bertz CT molecular complexity index is 591. The first-order valence-corrected chi connectivity index (χ1v) is 6.40. The molecule has 5 heteroatoms. The van der Waals surface area contributed by atoms with Gasteiger partial charge in [-0.1, -0.05) is 0 Å². The summed E-state index contributed by atoms with van der Waals surface area (Å²) in [6.07, 6.45) is 1.63. The highest BCUT2D eigenvalue weighted by Gasteiger charge is 2.13. The van der Waals surface area contributed by atoms with Crippen LogP contribution in [0.2, 0.25) is 0 Å². The Balaban J connectivity index is 2.23. The van der Waals surface area contributed by atoms with Gasteiger partial charge < -0.3 is 20.4 Å². The van der Waals surface area contributed by atoms with Crippen LogP contribution >= 0.6 is 0 Å². The van der Waals surface area contributed by atoms with E-state index in [2.05, 4.69) is 5.32 Å². The number of anilines is 2. The van der Waals surface area contributed by atoms with Crippen molar-refractivity contribution in [1.29, 1.82) is 0 Å². The molecule has 1 atom stereocenters. The smallest absolute Gasteiger partial charge is 0.253 e. The van der Waals surface area contributed by atoms with Crippen molar-refractivity contribution in [1.82, 2.24) is 4.90 Å². The van der Waals surface area contributed by atoms with Gasteiger partial charge in [0.2, 0.25) is 0 Å². The minimum atomic E-state index is -0.0568. The molecule has 0 aliphatic heterocycles. The number of benzene rings is 1. The lowest BCUT2D eigenvalue weighted by Crippen LogP contribution is -2.22. The van der Waals surface area contributed by atoms with E-state index in [1.54, 1.807) is 38.6 Å². The van der Waals surface area contributed by atoms with Crippen molar-refractivity contribution in [2.45, 2.75) is 13.0 Å². The monoisotopic (exact) mass is 273 g/mol. The van der Waals surface area contributed by atoms with E-state index in [1.807, 2.05) is 19.1 Å². The summed E-state index contributed by atoms with van der Waals surface area (Å²) in [5.74, 6) is 0.757. The maximum Gasteiger partial charge on any atom is 0.253 e. The van der Waals surface area contributed by atoms with Crippen molar-refractivity contribution in [3.8, 4) is 0 Å². The molecule has 0 spiro atoms. The second-order valence-electron chi connectivity index (χ2n) is 4.88. The lowest BCUT2D eigenvalue weighted by Gasteiger charge is -2.17. The Labute approximate surface area is 118 Å². The zero-order valence-corrected chi connectivity index (χ0v) is 11.9. The van der Waals surface area contributed by atoms with Crippen molar-refractivity contribution < 1.29 is 9.21 Å². The van der Waals surface area contributed by atoms with E-state index in [1.165, 1.54) is 4.90 Å². The fourth-order valence-electron chi connectivity index (χ4n) is 1.91. The molecule has 0 fully saturated rings. The van der Waals surface area contributed by atoms with Crippen molar-refractivity contribution in [3.05, 3.63) is 47.9 Å². The van der Waals surface area contributed by atoms with E-state index in [-0.39, 0.29) is 11.9 Å². The summed E-state index contributed by atoms with van der Waals surface area (Å²) in [5, 5.41) is 3.26. The molecule has 20 heavy (non-hydrogen) atoms. The van der Waals surface area contributed by atoms with Gasteiger partial charge in [0.1, 0.15) is 5.76 Å². The van der Waals surface area contributed by atoms with Crippen LogP contribution in [0.5, 0.6) is 0 Å². The average Bonchev–Trinajstić information content (AvgIpc) is 2.94. The number of nitrogens with zero attached hydrogens (tertiary/aromatic N) is 1. The van der Waals surface area contributed by atoms with Crippen LogP contribution in [0.15, 0.2) is 41.0 Å². The summed E-state index contributed by atoms with van der Waals surface area (Å²) in [6, 6.07) is 8.91. The number of nitrogen functional groups attached to an aromatic ring is 1. The highest BCUT2D eigenvalue weighted by atomic mass is 16.3. The van der Waals surface area contributed by atoms with Gasteiger partial charge in [-0.2, -0.15) is 0 Å². The van der Waals surface area contributed by atoms with Crippen LogP contribution in [-0.4, -0.2) is 24.9 Å². The van der Waals surface area contributed by atoms with Gasteiger partial charge >= 0.3 is 0 Å². The molecule has 0 aliphatic carbocycles. The second kappa shape index (κ2) is 5.69. The van der Waals surface area contributed by atoms with Gasteiger partial charge in [-0.15, -0.1) is 0 Å². The molecule has 0 bridgehead atoms. The van der Waals surface area contributed by atoms with Crippen molar-refractivity contribution in [3.63, 3.8) is 0 Å². The van der Waals surface area contributed by atoms with E-state index < -0.39 is 0 Å². The van der Waals surface area contributed by atoms with E-state index in [0.29, 0.717) is 11.3 Å². The van der Waals surface area contributed by atoms with E-state index in [9.17, 15) is 4.79 Å². The van der Waals surface area contributed by atoms with Crippen molar-refractivity contribution in [2.24, 2.45) is 0 Å². The van der Waals surface area contributed by atoms with Gasteiger partial charge in [0, 0.05) is 19.7 Å². The molecular weight excluding hydrogens is 254 g/mol. The number of furan rings is 1. The molecule has 1 amide bonds. The van der Waals surface area contributed by atoms with Crippen LogP contribution in [0.25, 0.3) is 0 Å². The number of carbonyl (C=O) groups excluding carboxylic acids is 1. The number of nitrogens with one attached hydrogen (secondary N) is 1. The molecule has 1 heterocycles. The minimum absolute atomic E-state index is 0.0305. The van der Waals surface area contributed by atoms with Crippen molar-refractivity contribution in [2.75, 3.05) is 25.1 Å². The molecule has 2 aromatic rings. The fraction of sp³-hybridized carbons (Fsp3) is 0.267. The first-order valence-electron chi connectivity index (χ1n) is 6.40. The van der Waals surface area contributed by atoms with Crippen molar-refractivity contribution >= 4 is 17.3 Å². The van der Waals surface area contributed by atoms with Crippen LogP contribution in [0, 0.1) is 0 Å². The normalized spacial score (nSPS) is 11.9. The second-order valence-corrected chi connectivity index (χ2v) is 4.88. The topological polar surface area (TPSA) is 71.5 Å². The van der Waals surface area contributed by atoms with Crippen LogP contribution in [0.1, 0.15) is 29.1 Å². The molecular formula is C15H19N3O2. The first kappa shape index (κ1) is 14.0. The summed E-state index contributed by atoms with van der Waals surface area (Å²) in [7, 11) is 3.44. The number of nitrogens with two attached hydrogens (primary N) is 1. The number of rotatable bonds is 4. The average molecular weight is 273 g/mol. The molecule has 0 saturated carbocycles. The molecule has 106 valence electrons. The summed E-state index contributed by atoms with van der Waals surface area (Å²) < 4.78 is 5.34. The number of amides is 1. The third-order valence-corrected chi connectivity index (χ3v) is 3.05. The van der Waals surface area contributed by atoms with Gasteiger partial charge in [-0.05, 0) is 37.3 Å². The van der Waals surface area contributed by atoms with Gasteiger partial charge in [0.05, 0.1) is 23.7 Å². The molecule has 5 nitrogen and oxygen atoms in total. The Morgan fingerprint density at radius 1 is 1.35 bits per heavy atom. The Morgan fingerprint density at radius 3 is 2.70 bits per heavy atom. The minimum Gasteiger partial charge on any atom is -0.467 e. The zero-order chi connectivity index (χ0) is 14.7. The Kier molecular flexibility index (Phi) is 3.98. The van der Waals surface area contributed by atoms with Crippen LogP contribution in [0.4, 0.5) is 11.4 Å². The summed E-state index contributed by atoms with van der Waals surface area (Å²) in [5.41, 5.74) is 7.86. The molecule has 0 radical (unpaired) electrons. The van der Waals surface area contributed by atoms with Crippen LogP contribution in [0.3, 0.4) is 0 Å². The Hall–Kier alpha value is -2.43. The molecule has 1 unspecified atom stereocenters. The summed E-state index contributed by atoms with van der Waals surface area (Å²) in [4.78, 5) is 13.5. The molecule has 0 saturated heterocycles. The lowest BCUT2D eigenvalue weighted by molar-refractivity contribution is 0.0827. The standard InChI is InChI=1S/C15H19N3O2/c1-10(14-5-4-8-20-14)17-13-9-11(6-7-12(13)16)15(19)18(2)3/h4-10,17H,16H2,1-3H3. The summed E-state index contributed by atoms with van der Waals surface area (Å²) >= 11 is 0. The van der Waals surface area contributed by atoms with Gasteiger partial charge in [-0.25, -0.2) is 0 Å². The maximum absolute atomic E-state index is 12.0. The van der Waals surface area contributed by atoms with E-state index in [0.717, 1.165) is 11.4 Å². The van der Waals surface area contributed by atoms with Gasteiger partial charge in [-0.3, -0.25) is 4.79 Å². The molecule has 2 rings (SSSR count). The summed E-state index contributed by atoms with van der Waals surface area (Å²) in [6.45, 7) is 1.97. The maximum atomic E-state index is 12.0. The molecule has 1 aromatic heterocycles. The van der Waals surface area contributed by atoms with Crippen LogP contribution < -0.4 is 11.1 Å². The van der Waals surface area contributed by atoms with E-state index in [4.69, 9.17) is 10.2 Å². The first-order chi connectivity index (χ1) is 9.49. The van der Waals surface area contributed by atoms with Gasteiger partial charge in [0.25, 0.3) is 5.91 Å². The largest absolute Gasteiger partial charge is 0.467 e. The molecule has 1 aromatic carbocycles. The lowest BCUT2D eigenvalue weighted by atomic mass is 10.1. The molecule has 3 N–H and O–H groups in total. The zero-order valence-electron chi connectivity index (χ0n) is 11.9. The van der Waals surface area contributed by atoms with Gasteiger partial charge in [0.15, 0.2) is 0 Å². The van der Waals surface area contributed by atoms with E-state index >= 15 is 0 Å².